The number of ether oxygens (including phenoxy) is 1. The van der Waals surface area contributed by atoms with Crippen molar-refractivity contribution in [3.8, 4) is 0 Å². The first-order valence-corrected chi connectivity index (χ1v) is 8.64. The van der Waals surface area contributed by atoms with Crippen LogP contribution < -0.4 is 10.2 Å². The Morgan fingerprint density at radius 1 is 1.30 bits per heavy atom. The van der Waals surface area contributed by atoms with E-state index in [4.69, 9.17) is 4.74 Å². The molecule has 1 aromatic rings. The predicted octanol–water partition coefficient (Wildman–Crippen LogP) is 1.41. The van der Waals surface area contributed by atoms with Crippen LogP contribution in [0.2, 0.25) is 0 Å². The Labute approximate surface area is 138 Å². The molecule has 2 heterocycles. The van der Waals surface area contributed by atoms with Gasteiger partial charge in [0.2, 0.25) is 5.91 Å². The Hall–Kier alpha value is -1.59. The molecule has 1 aromatic carbocycles. The van der Waals surface area contributed by atoms with Gasteiger partial charge in [0, 0.05) is 45.0 Å². The first-order valence-electron chi connectivity index (χ1n) is 8.64. The van der Waals surface area contributed by atoms with Gasteiger partial charge >= 0.3 is 0 Å². The van der Waals surface area contributed by atoms with Crippen LogP contribution in [0, 0.1) is 6.92 Å². The van der Waals surface area contributed by atoms with Gasteiger partial charge in [0.25, 0.3) is 0 Å². The molecular formula is C18H27N3O2. The van der Waals surface area contributed by atoms with Gasteiger partial charge in [-0.3, -0.25) is 4.79 Å². The zero-order valence-electron chi connectivity index (χ0n) is 14.0. The standard InChI is InChI=1S/C18H27N3O2/c1-15-4-2-5-16(12-15)20-7-9-21(10-8-20)18(22)14-19-13-17-6-3-11-23-17/h2,4-5,12,17,19H,3,6-11,13-14H2,1H3. The topological polar surface area (TPSA) is 44.8 Å². The summed E-state index contributed by atoms with van der Waals surface area (Å²) in [5.74, 6) is 0.201. The second kappa shape index (κ2) is 7.79. The zero-order valence-corrected chi connectivity index (χ0v) is 14.0. The van der Waals surface area contributed by atoms with E-state index in [9.17, 15) is 4.79 Å². The van der Waals surface area contributed by atoms with E-state index < -0.39 is 0 Å². The van der Waals surface area contributed by atoms with E-state index in [-0.39, 0.29) is 5.91 Å². The molecular weight excluding hydrogens is 290 g/mol. The summed E-state index contributed by atoms with van der Waals surface area (Å²) in [7, 11) is 0. The summed E-state index contributed by atoms with van der Waals surface area (Å²) in [6.07, 6.45) is 2.54. The first-order chi connectivity index (χ1) is 11.2. The fourth-order valence-corrected chi connectivity index (χ4v) is 3.30. The van der Waals surface area contributed by atoms with Crippen LogP contribution in [0.3, 0.4) is 0 Å². The molecule has 0 saturated carbocycles. The third kappa shape index (κ3) is 4.45. The molecule has 126 valence electrons. The molecule has 1 atom stereocenters. The van der Waals surface area contributed by atoms with Crippen LogP contribution in [0.4, 0.5) is 5.69 Å². The maximum absolute atomic E-state index is 12.3. The maximum atomic E-state index is 12.3. The molecule has 5 heteroatoms. The van der Waals surface area contributed by atoms with Crippen molar-refractivity contribution in [1.82, 2.24) is 10.2 Å². The van der Waals surface area contributed by atoms with Crippen molar-refractivity contribution in [3.63, 3.8) is 0 Å². The van der Waals surface area contributed by atoms with Gasteiger partial charge in [-0.15, -0.1) is 0 Å². The van der Waals surface area contributed by atoms with Crippen molar-refractivity contribution in [1.29, 1.82) is 0 Å². The molecule has 23 heavy (non-hydrogen) atoms. The van der Waals surface area contributed by atoms with E-state index in [1.807, 2.05) is 4.90 Å². The highest BCUT2D eigenvalue weighted by molar-refractivity contribution is 5.78. The summed E-state index contributed by atoms with van der Waals surface area (Å²) in [5.41, 5.74) is 2.54. The molecule has 0 spiro atoms. The van der Waals surface area contributed by atoms with Crippen LogP contribution in [0.1, 0.15) is 18.4 Å². The molecule has 1 N–H and O–H groups in total. The minimum atomic E-state index is 0.201. The second-order valence-corrected chi connectivity index (χ2v) is 6.47. The van der Waals surface area contributed by atoms with Crippen molar-refractivity contribution >= 4 is 11.6 Å². The fraction of sp³-hybridized carbons (Fsp3) is 0.611. The lowest BCUT2D eigenvalue weighted by atomic mass is 10.2. The quantitative estimate of drug-likeness (QED) is 0.892. The molecule has 0 bridgehead atoms. The minimum absolute atomic E-state index is 0.201. The molecule has 3 rings (SSSR count). The summed E-state index contributed by atoms with van der Waals surface area (Å²) in [5, 5.41) is 3.24. The molecule has 0 radical (unpaired) electrons. The number of carbonyl (C=O) groups is 1. The SMILES string of the molecule is Cc1cccc(N2CCN(C(=O)CNCC3CCCO3)CC2)c1. The van der Waals surface area contributed by atoms with Gasteiger partial charge in [0.05, 0.1) is 12.6 Å². The highest BCUT2D eigenvalue weighted by Crippen LogP contribution is 2.17. The van der Waals surface area contributed by atoms with E-state index in [2.05, 4.69) is 41.4 Å². The molecule has 0 aromatic heterocycles. The van der Waals surface area contributed by atoms with Gasteiger partial charge in [-0.05, 0) is 37.5 Å². The highest BCUT2D eigenvalue weighted by atomic mass is 16.5. The van der Waals surface area contributed by atoms with Gasteiger partial charge in [0.15, 0.2) is 0 Å². The number of anilines is 1. The van der Waals surface area contributed by atoms with Crippen LogP contribution in [0.25, 0.3) is 0 Å². The number of aryl methyl sites for hydroxylation is 1. The first kappa shape index (κ1) is 16.3. The van der Waals surface area contributed by atoms with Crippen molar-refractivity contribution in [2.45, 2.75) is 25.9 Å². The van der Waals surface area contributed by atoms with Crippen LogP contribution in [-0.2, 0) is 9.53 Å². The number of hydrogen-bond acceptors (Lipinski definition) is 4. The van der Waals surface area contributed by atoms with Crippen LogP contribution in [0.15, 0.2) is 24.3 Å². The number of carbonyl (C=O) groups excluding carboxylic acids is 1. The van der Waals surface area contributed by atoms with Crippen molar-refractivity contribution < 1.29 is 9.53 Å². The molecule has 1 amide bonds. The number of amides is 1. The summed E-state index contributed by atoms with van der Waals surface area (Å²) >= 11 is 0. The maximum Gasteiger partial charge on any atom is 0.236 e. The van der Waals surface area contributed by atoms with Crippen molar-refractivity contribution in [2.24, 2.45) is 0 Å². The monoisotopic (exact) mass is 317 g/mol. The number of rotatable bonds is 5. The summed E-state index contributed by atoms with van der Waals surface area (Å²) < 4.78 is 5.56. The highest BCUT2D eigenvalue weighted by Gasteiger charge is 2.21. The largest absolute Gasteiger partial charge is 0.377 e. The van der Waals surface area contributed by atoms with Crippen LogP contribution >= 0.6 is 0 Å². The van der Waals surface area contributed by atoms with Gasteiger partial charge in [-0.2, -0.15) is 0 Å². The number of benzene rings is 1. The molecule has 2 aliphatic heterocycles. The summed E-state index contributed by atoms with van der Waals surface area (Å²) in [6.45, 7) is 7.59. The van der Waals surface area contributed by atoms with E-state index in [0.29, 0.717) is 12.6 Å². The molecule has 0 aliphatic carbocycles. The lowest BCUT2D eigenvalue weighted by Crippen LogP contribution is -2.51. The number of nitrogens with zero attached hydrogens (tertiary/aromatic N) is 2. The van der Waals surface area contributed by atoms with Gasteiger partial charge in [0.1, 0.15) is 0 Å². The minimum Gasteiger partial charge on any atom is -0.377 e. The fourth-order valence-electron chi connectivity index (χ4n) is 3.30. The molecule has 2 aliphatic rings. The average molecular weight is 317 g/mol. The second-order valence-electron chi connectivity index (χ2n) is 6.47. The van der Waals surface area contributed by atoms with Gasteiger partial charge < -0.3 is 19.9 Å². The molecule has 2 saturated heterocycles. The lowest BCUT2D eigenvalue weighted by Gasteiger charge is -2.36. The van der Waals surface area contributed by atoms with E-state index in [0.717, 1.165) is 52.2 Å². The Morgan fingerprint density at radius 3 is 2.83 bits per heavy atom. The lowest BCUT2D eigenvalue weighted by molar-refractivity contribution is -0.130. The Kier molecular flexibility index (Phi) is 5.51. The summed E-state index contributed by atoms with van der Waals surface area (Å²) in [6, 6.07) is 8.56. The number of nitrogens with one attached hydrogen (secondary N) is 1. The van der Waals surface area contributed by atoms with Gasteiger partial charge in [-0.1, -0.05) is 12.1 Å². The molecule has 5 nitrogen and oxygen atoms in total. The van der Waals surface area contributed by atoms with Gasteiger partial charge in [-0.25, -0.2) is 0 Å². The Balaban J connectivity index is 1.40. The molecule has 1 unspecified atom stereocenters. The average Bonchev–Trinajstić information content (AvgIpc) is 3.08. The zero-order chi connectivity index (χ0) is 16.1. The number of hydrogen-bond donors (Lipinski definition) is 1. The smallest absolute Gasteiger partial charge is 0.236 e. The van der Waals surface area contributed by atoms with Crippen LogP contribution in [0.5, 0.6) is 0 Å². The normalized spacial score (nSPS) is 21.7. The third-order valence-corrected chi connectivity index (χ3v) is 4.67. The van der Waals surface area contributed by atoms with Crippen LogP contribution in [-0.4, -0.2) is 62.8 Å². The summed E-state index contributed by atoms with van der Waals surface area (Å²) in [4.78, 5) is 16.6. The third-order valence-electron chi connectivity index (χ3n) is 4.67. The Bertz CT molecular complexity index is 521. The number of piperazine rings is 1. The Morgan fingerprint density at radius 2 is 2.13 bits per heavy atom. The van der Waals surface area contributed by atoms with E-state index in [1.54, 1.807) is 0 Å². The van der Waals surface area contributed by atoms with Crippen molar-refractivity contribution in [2.75, 3.05) is 50.8 Å². The predicted molar refractivity (Wildman–Crippen MR) is 91.8 cm³/mol. The molecule has 2 fully saturated rings. The van der Waals surface area contributed by atoms with Crippen molar-refractivity contribution in [3.05, 3.63) is 29.8 Å². The van der Waals surface area contributed by atoms with E-state index in [1.165, 1.54) is 11.3 Å². The van der Waals surface area contributed by atoms with E-state index >= 15 is 0 Å².